The van der Waals surface area contributed by atoms with Crippen molar-refractivity contribution in [1.29, 1.82) is 0 Å². The quantitative estimate of drug-likeness (QED) is 0.417. The van der Waals surface area contributed by atoms with Crippen molar-refractivity contribution in [1.82, 2.24) is 9.97 Å². The van der Waals surface area contributed by atoms with E-state index in [-0.39, 0.29) is 46.6 Å². The fraction of sp³-hybridized carbons (Fsp3) is 0.158. The van der Waals surface area contributed by atoms with E-state index in [0.717, 1.165) is 6.07 Å². The van der Waals surface area contributed by atoms with E-state index in [1.807, 2.05) is 0 Å². The van der Waals surface area contributed by atoms with Crippen LogP contribution >= 0.6 is 0 Å². The molecule has 2 N–H and O–H groups in total. The molecular formula is C19H17F2N5O4. The number of methoxy groups -OCH3 is 2. The number of nitro groups is 1. The minimum absolute atomic E-state index is 0.112. The first-order valence-corrected chi connectivity index (χ1v) is 8.59. The molecule has 0 amide bonds. The topological polar surface area (TPSA) is 111 Å². The Morgan fingerprint density at radius 3 is 2.20 bits per heavy atom. The normalized spacial score (nSPS) is 10.4. The van der Waals surface area contributed by atoms with Crippen molar-refractivity contribution in [3.8, 4) is 11.5 Å². The number of para-hydroxylation sites is 2. The third kappa shape index (κ3) is 4.35. The summed E-state index contributed by atoms with van der Waals surface area (Å²) in [5.41, 5.74) is -0.139. The highest BCUT2D eigenvalue weighted by atomic mass is 19.1. The molecular weight excluding hydrogens is 400 g/mol. The molecule has 30 heavy (non-hydrogen) atoms. The first kappa shape index (κ1) is 20.7. The summed E-state index contributed by atoms with van der Waals surface area (Å²) in [6.45, 7) is -0.239. The number of nitrogens with one attached hydrogen (secondary N) is 2. The number of benzene rings is 2. The van der Waals surface area contributed by atoms with Crippen molar-refractivity contribution >= 4 is 23.0 Å². The summed E-state index contributed by atoms with van der Waals surface area (Å²) in [4.78, 5) is 18.8. The molecule has 0 atom stereocenters. The van der Waals surface area contributed by atoms with Crippen molar-refractivity contribution in [3.63, 3.8) is 0 Å². The number of hydrogen-bond acceptors (Lipinski definition) is 8. The summed E-state index contributed by atoms with van der Waals surface area (Å²) >= 11 is 0. The Balaban J connectivity index is 1.74. The molecule has 0 radical (unpaired) electrons. The summed E-state index contributed by atoms with van der Waals surface area (Å²) in [7, 11) is 2.53. The number of anilines is 3. The van der Waals surface area contributed by atoms with Crippen LogP contribution in [-0.4, -0.2) is 29.1 Å². The van der Waals surface area contributed by atoms with Gasteiger partial charge >= 0.3 is 0 Å². The van der Waals surface area contributed by atoms with E-state index in [0.29, 0.717) is 0 Å². The highest BCUT2D eigenvalue weighted by Gasteiger charge is 2.20. The SMILES string of the molecule is COc1cc(OC)c(F)c(CNc2cnc(Nc3ccccc3[N+](=O)[O-])cn2)c1F. The third-order valence-corrected chi connectivity index (χ3v) is 4.13. The van der Waals surface area contributed by atoms with Crippen molar-refractivity contribution in [2.24, 2.45) is 0 Å². The highest BCUT2D eigenvalue weighted by Crippen LogP contribution is 2.31. The number of halogens is 2. The number of aromatic nitrogens is 2. The maximum Gasteiger partial charge on any atom is 0.292 e. The highest BCUT2D eigenvalue weighted by molar-refractivity contribution is 5.67. The zero-order valence-corrected chi connectivity index (χ0v) is 16.0. The molecule has 0 unspecified atom stereocenters. The van der Waals surface area contributed by atoms with Gasteiger partial charge in [0, 0.05) is 18.7 Å². The van der Waals surface area contributed by atoms with Crippen LogP contribution in [0.4, 0.5) is 31.8 Å². The third-order valence-electron chi connectivity index (χ3n) is 4.13. The van der Waals surface area contributed by atoms with Crippen LogP contribution in [0.15, 0.2) is 42.7 Å². The van der Waals surface area contributed by atoms with Gasteiger partial charge in [-0.3, -0.25) is 10.1 Å². The molecule has 0 aliphatic carbocycles. The minimum Gasteiger partial charge on any atom is -0.494 e. The van der Waals surface area contributed by atoms with Crippen LogP contribution in [0.25, 0.3) is 0 Å². The molecule has 0 fully saturated rings. The van der Waals surface area contributed by atoms with Crippen molar-refractivity contribution in [2.75, 3.05) is 24.9 Å². The van der Waals surface area contributed by atoms with Gasteiger partial charge in [-0.15, -0.1) is 0 Å². The van der Waals surface area contributed by atoms with Gasteiger partial charge in [0.25, 0.3) is 5.69 Å². The van der Waals surface area contributed by atoms with Gasteiger partial charge in [0.05, 0.1) is 37.1 Å². The fourth-order valence-electron chi connectivity index (χ4n) is 2.63. The van der Waals surface area contributed by atoms with E-state index in [2.05, 4.69) is 20.6 Å². The predicted octanol–water partition coefficient (Wildman–Crippen LogP) is 4.04. The van der Waals surface area contributed by atoms with Crippen LogP contribution in [0.3, 0.4) is 0 Å². The van der Waals surface area contributed by atoms with Crippen molar-refractivity contribution < 1.29 is 23.2 Å². The second-order valence-electron chi connectivity index (χ2n) is 5.93. The molecule has 0 saturated heterocycles. The monoisotopic (exact) mass is 417 g/mol. The van der Waals surface area contributed by atoms with Gasteiger partial charge in [-0.25, -0.2) is 18.7 Å². The molecule has 0 aliphatic rings. The number of rotatable bonds is 8. The maximum atomic E-state index is 14.4. The summed E-state index contributed by atoms with van der Waals surface area (Å²) in [5, 5.41) is 16.6. The Labute approximate surface area is 169 Å². The van der Waals surface area contributed by atoms with E-state index in [1.165, 1.54) is 38.7 Å². The van der Waals surface area contributed by atoms with Crippen LogP contribution < -0.4 is 20.1 Å². The lowest BCUT2D eigenvalue weighted by Gasteiger charge is -2.13. The van der Waals surface area contributed by atoms with Gasteiger partial charge in [0.2, 0.25) is 0 Å². The Bertz CT molecular complexity index is 1040. The molecule has 1 aromatic heterocycles. The summed E-state index contributed by atoms with van der Waals surface area (Å²) in [6, 6.07) is 7.21. The zero-order valence-electron chi connectivity index (χ0n) is 16.0. The summed E-state index contributed by atoms with van der Waals surface area (Å²) in [5.74, 6) is -1.52. The molecule has 0 bridgehead atoms. The first-order valence-electron chi connectivity index (χ1n) is 8.59. The average molecular weight is 417 g/mol. The van der Waals surface area contributed by atoms with Crippen molar-refractivity contribution in [2.45, 2.75) is 6.54 Å². The molecule has 0 aliphatic heterocycles. The zero-order chi connectivity index (χ0) is 21.7. The van der Waals surface area contributed by atoms with Crippen LogP contribution in [-0.2, 0) is 6.54 Å². The number of nitrogens with zero attached hydrogens (tertiary/aromatic N) is 3. The molecule has 3 aromatic rings. The van der Waals surface area contributed by atoms with E-state index < -0.39 is 16.6 Å². The summed E-state index contributed by atoms with van der Waals surface area (Å²) < 4.78 is 38.6. The predicted molar refractivity (Wildman–Crippen MR) is 105 cm³/mol. The van der Waals surface area contributed by atoms with E-state index in [1.54, 1.807) is 12.1 Å². The van der Waals surface area contributed by atoms with Gasteiger partial charge in [0.1, 0.15) is 17.3 Å². The van der Waals surface area contributed by atoms with Crippen molar-refractivity contribution in [3.05, 3.63) is 70.0 Å². The van der Waals surface area contributed by atoms with E-state index in [4.69, 9.17) is 9.47 Å². The molecule has 0 saturated carbocycles. The fourth-order valence-corrected chi connectivity index (χ4v) is 2.63. The summed E-state index contributed by atoms with van der Waals surface area (Å²) in [6.07, 6.45) is 2.66. The van der Waals surface area contributed by atoms with Gasteiger partial charge in [0.15, 0.2) is 23.1 Å². The molecule has 1 heterocycles. The Kier molecular flexibility index (Phi) is 6.20. The number of ether oxygens (including phenoxy) is 2. The van der Waals surface area contributed by atoms with Crippen LogP contribution in [0, 0.1) is 21.7 Å². The molecule has 156 valence electrons. The lowest BCUT2D eigenvalue weighted by atomic mass is 10.1. The smallest absolute Gasteiger partial charge is 0.292 e. The standard InChI is InChI=1S/C19H17F2N5O4/c1-29-14-7-15(30-2)19(21)11(18(14)20)8-22-16-9-24-17(10-23-16)25-12-5-3-4-6-13(12)26(27)28/h3-7,9-10H,8H2,1-2H3,(H,22,23)(H,24,25). The molecule has 0 spiro atoms. The Hall–Kier alpha value is -4.02. The number of hydrogen-bond donors (Lipinski definition) is 2. The largest absolute Gasteiger partial charge is 0.494 e. The Morgan fingerprint density at radius 1 is 1.03 bits per heavy atom. The van der Waals surface area contributed by atoms with Crippen LogP contribution in [0.1, 0.15) is 5.56 Å². The second kappa shape index (κ2) is 8.99. The molecule has 3 rings (SSSR count). The lowest BCUT2D eigenvalue weighted by molar-refractivity contribution is -0.383. The van der Waals surface area contributed by atoms with Crippen LogP contribution in [0.5, 0.6) is 11.5 Å². The van der Waals surface area contributed by atoms with Gasteiger partial charge < -0.3 is 20.1 Å². The van der Waals surface area contributed by atoms with E-state index >= 15 is 0 Å². The minimum atomic E-state index is -0.856. The van der Waals surface area contributed by atoms with Gasteiger partial charge in [-0.05, 0) is 6.07 Å². The number of nitro benzene ring substituents is 1. The maximum absolute atomic E-state index is 14.4. The van der Waals surface area contributed by atoms with Crippen LogP contribution in [0.2, 0.25) is 0 Å². The van der Waals surface area contributed by atoms with Gasteiger partial charge in [-0.1, -0.05) is 12.1 Å². The lowest BCUT2D eigenvalue weighted by Crippen LogP contribution is -2.09. The average Bonchev–Trinajstić information content (AvgIpc) is 2.75. The molecule has 11 heteroatoms. The van der Waals surface area contributed by atoms with E-state index in [9.17, 15) is 18.9 Å². The Morgan fingerprint density at radius 2 is 1.63 bits per heavy atom. The molecule has 9 nitrogen and oxygen atoms in total. The second-order valence-corrected chi connectivity index (χ2v) is 5.93. The van der Waals surface area contributed by atoms with Gasteiger partial charge in [-0.2, -0.15) is 0 Å². The first-order chi connectivity index (χ1) is 14.4. The molecule has 2 aromatic carbocycles.